The third-order valence-electron chi connectivity index (χ3n) is 3.97. The first-order valence-corrected chi connectivity index (χ1v) is 7.25. The van der Waals surface area contributed by atoms with Crippen molar-refractivity contribution in [1.29, 1.82) is 0 Å². The minimum atomic E-state index is -0.779. The number of carboxylic acids is 1. The fraction of sp³-hybridized carbons (Fsp3) is 0.857. The van der Waals surface area contributed by atoms with Crippen LogP contribution in [0, 0.1) is 11.8 Å². The highest BCUT2D eigenvalue weighted by Gasteiger charge is 2.26. The summed E-state index contributed by atoms with van der Waals surface area (Å²) in [6.45, 7) is 2.66. The summed E-state index contributed by atoms with van der Waals surface area (Å²) in [6, 6.07) is 0.0547. The Bertz CT molecular complexity index is 299. The molecular weight excluding hydrogens is 244 g/mol. The van der Waals surface area contributed by atoms with Crippen LogP contribution in [0.4, 0.5) is 0 Å². The lowest BCUT2D eigenvalue weighted by molar-refractivity contribution is -0.137. The topological polar surface area (TPSA) is 92.4 Å². The second-order valence-electron chi connectivity index (χ2n) is 5.65. The molecule has 19 heavy (non-hydrogen) atoms. The van der Waals surface area contributed by atoms with Gasteiger partial charge in [-0.25, -0.2) is 0 Å². The van der Waals surface area contributed by atoms with E-state index < -0.39 is 5.97 Å². The first-order valence-electron chi connectivity index (χ1n) is 7.25. The molecule has 0 aromatic rings. The van der Waals surface area contributed by atoms with Gasteiger partial charge in [-0.1, -0.05) is 0 Å². The lowest BCUT2D eigenvalue weighted by Crippen LogP contribution is -2.39. The molecule has 5 nitrogen and oxygen atoms in total. The van der Waals surface area contributed by atoms with Crippen LogP contribution >= 0.6 is 0 Å². The van der Waals surface area contributed by atoms with Crippen molar-refractivity contribution in [3.05, 3.63) is 0 Å². The average Bonchev–Trinajstić information content (AvgIpc) is 2.38. The molecule has 0 aliphatic heterocycles. The molecule has 110 valence electrons. The molecule has 1 amide bonds. The van der Waals surface area contributed by atoms with Gasteiger partial charge in [0.05, 0.1) is 0 Å². The van der Waals surface area contributed by atoms with Crippen LogP contribution in [-0.4, -0.2) is 29.6 Å². The van der Waals surface area contributed by atoms with Crippen molar-refractivity contribution in [3.63, 3.8) is 0 Å². The molecule has 1 saturated carbocycles. The zero-order valence-corrected chi connectivity index (χ0v) is 11.7. The highest BCUT2D eigenvalue weighted by Crippen LogP contribution is 2.28. The van der Waals surface area contributed by atoms with Crippen molar-refractivity contribution in [2.45, 2.75) is 57.9 Å². The molecule has 0 aromatic carbocycles. The van der Waals surface area contributed by atoms with Crippen molar-refractivity contribution >= 4 is 11.9 Å². The maximum absolute atomic E-state index is 12.0. The summed E-state index contributed by atoms with van der Waals surface area (Å²) < 4.78 is 0. The number of nitrogens with one attached hydrogen (secondary N) is 1. The molecule has 0 spiro atoms. The lowest BCUT2D eigenvalue weighted by Gasteiger charge is -2.27. The maximum Gasteiger partial charge on any atom is 0.303 e. The Balaban J connectivity index is 2.21. The fourth-order valence-corrected chi connectivity index (χ4v) is 2.65. The SMILES string of the molecule is CC(CCCC(=O)O)NC(=O)C1CCC(CN)CC1. The number of carbonyl (C=O) groups is 2. The second-order valence-corrected chi connectivity index (χ2v) is 5.65. The monoisotopic (exact) mass is 270 g/mol. The van der Waals surface area contributed by atoms with E-state index >= 15 is 0 Å². The van der Waals surface area contributed by atoms with Crippen LogP contribution in [-0.2, 0) is 9.59 Å². The van der Waals surface area contributed by atoms with E-state index in [0.29, 0.717) is 12.3 Å². The normalized spacial score (nSPS) is 24.7. The third-order valence-corrected chi connectivity index (χ3v) is 3.97. The van der Waals surface area contributed by atoms with Gasteiger partial charge in [0.1, 0.15) is 0 Å². The Hall–Kier alpha value is -1.10. The van der Waals surface area contributed by atoms with Crippen molar-refractivity contribution in [2.24, 2.45) is 17.6 Å². The number of amides is 1. The molecule has 1 aliphatic rings. The Labute approximate surface area is 114 Å². The van der Waals surface area contributed by atoms with Gasteiger partial charge in [0, 0.05) is 18.4 Å². The molecule has 1 atom stereocenters. The zero-order chi connectivity index (χ0) is 14.3. The number of hydrogen-bond acceptors (Lipinski definition) is 3. The Kier molecular flexibility index (Phi) is 6.84. The van der Waals surface area contributed by atoms with Gasteiger partial charge >= 0.3 is 5.97 Å². The van der Waals surface area contributed by atoms with E-state index in [4.69, 9.17) is 10.8 Å². The van der Waals surface area contributed by atoms with Crippen molar-refractivity contribution in [2.75, 3.05) is 6.54 Å². The molecule has 1 fully saturated rings. The summed E-state index contributed by atoms with van der Waals surface area (Å²) in [6.07, 6.45) is 5.43. The molecule has 1 unspecified atom stereocenters. The van der Waals surface area contributed by atoms with Gasteiger partial charge in [0.25, 0.3) is 0 Å². The van der Waals surface area contributed by atoms with E-state index in [0.717, 1.165) is 38.6 Å². The van der Waals surface area contributed by atoms with E-state index in [-0.39, 0.29) is 24.3 Å². The highest BCUT2D eigenvalue weighted by atomic mass is 16.4. The average molecular weight is 270 g/mol. The summed E-state index contributed by atoms with van der Waals surface area (Å²) in [4.78, 5) is 22.5. The number of carboxylic acid groups (broad SMARTS) is 1. The quantitative estimate of drug-likeness (QED) is 0.654. The zero-order valence-electron chi connectivity index (χ0n) is 11.7. The van der Waals surface area contributed by atoms with Crippen LogP contribution in [0.2, 0.25) is 0 Å². The van der Waals surface area contributed by atoms with E-state index in [9.17, 15) is 9.59 Å². The molecule has 1 rings (SSSR count). The molecule has 0 aromatic heterocycles. The fourth-order valence-electron chi connectivity index (χ4n) is 2.65. The van der Waals surface area contributed by atoms with Gasteiger partial charge in [-0.15, -0.1) is 0 Å². The van der Waals surface area contributed by atoms with Crippen molar-refractivity contribution in [1.82, 2.24) is 5.32 Å². The molecular formula is C14H26N2O3. The summed E-state index contributed by atoms with van der Waals surface area (Å²) >= 11 is 0. The smallest absolute Gasteiger partial charge is 0.303 e. The first-order chi connectivity index (χ1) is 9.02. The van der Waals surface area contributed by atoms with Crippen LogP contribution in [0.25, 0.3) is 0 Å². The number of nitrogens with two attached hydrogens (primary N) is 1. The molecule has 0 bridgehead atoms. The Morgan fingerprint density at radius 2 is 1.95 bits per heavy atom. The minimum Gasteiger partial charge on any atom is -0.481 e. The predicted molar refractivity (Wildman–Crippen MR) is 73.6 cm³/mol. The lowest BCUT2D eigenvalue weighted by atomic mass is 9.81. The van der Waals surface area contributed by atoms with Crippen LogP contribution in [0.3, 0.4) is 0 Å². The largest absolute Gasteiger partial charge is 0.481 e. The number of carbonyl (C=O) groups excluding carboxylic acids is 1. The van der Waals surface area contributed by atoms with Crippen LogP contribution < -0.4 is 11.1 Å². The Morgan fingerprint density at radius 1 is 1.32 bits per heavy atom. The summed E-state index contributed by atoms with van der Waals surface area (Å²) in [5.41, 5.74) is 5.64. The van der Waals surface area contributed by atoms with Crippen LogP contribution in [0.1, 0.15) is 51.9 Å². The molecule has 1 aliphatic carbocycles. The van der Waals surface area contributed by atoms with E-state index in [1.165, 1.54) is 0 Å². The van der Waals surface area contributed by atoms with Gasteiger partial charge < -0.3 is 16.2 Å². The molecule has 4 N–H and O–H groups in total. The van der Waals surface area contributed by atoms with E-state index in [2.05, 4.69) is 5.32 Å². The molecule has 0 saturated heterocycles. The van der Waals surface area contributed by atoms with Gasteiger partial charge in [0.15, 0.2) is 0 Å². The molecule has 0 radical (unpaired) electrons. The van der Waals surface area contributed by atoms with Crippen LogP contribution in [0.5, 0.6) is 0 Å². The van der Waals surface area contributed by atoms with Crippen molar-refractivity contribution < 1.29 is 14.7 Å². The third kappa shape index (κ3) is 6.05. The van der Waals surface area contributed by atoms with Crippen molar-refractivity contribution in [3.8, 4) is 0 Å². The van der Waals surface area contributed by atoms with Crippen LogP contribution in [0.15, 0.2) is 0 Å². The van der Waals surface area contributed by atoms with Gasteiger partial charge in [-0.3, -0.25) is 9.59 Å². The second kappa shape index (κ2) is 8.15. The summed E-state index contributed by atoms with van der Waals surface area (Å²) in [5, 5.41) is 11.6. The van der Waals surface area contributed by atoms with E-state index in [1.807, 2.05) is 6.92 Å². The first kappa shape index (κ1) is 16.0. The maximum atomic E-state index is 12.0. The van der Waals surface area contributed by atoms with Gasteiger partial charge in [-0.2, -0.15) is 0 Å². The number of aliphatic carboxylic acids is 1. The summed E-state index contributed by atoms with van der Waals surface area (Å²) in [7, 11) is 0. The van der Waals surface area contributed by atoms with Gasteiger partial charge in [-0.05, 0) is 57.9 Å². The minimum absolute atomic E-state index is 0.0547. The molecule has 5 heteroatoms. The number of hydrogen-bond donors (Lipinski definition) is 3. The number of rotatable bonds is 7. The summed E-state index contributed by atoms with van der Waals surface area (Å²) in [5.74, 6) is 0.0405. The highest BCUT2D eigenvalue weighted by molar-refractivity contribution is 5.79. The molecule has 0 heterocycles. The Morgan fingerprint density at radius 3 is 2.47 bits per heavy atom. The predicted octanol–water partition coefficient (Wildman–Crippen LogP) is 1.51. The van der Waals surface area contributed by atoms with E-state index in [1.54, 1.807) is 0 Å². The standard InChI is InChI=1S/C14H26N2O3/c1-10(3-2-4-13(17)18)16-14(19)12-7-5-11(9-15)6-8-12/h10-12H,2-9,15H2,1H3,(H,16,19)(H,17,18). The van der Waals surface area contributed by atoms with Gasteiger partial charge in [0.2, 0.25) is 5.91 Å².